The molecule has 1 aromatic rings. The molecule has 0 aliphatic carbocycles. The van der Waals surface area contributed by atoms with Gasteiger partial charge >= 0.3 is 0 Å². The van der Waals surface area contributed by atoms with Gasteiger partial charge in [-0.2, -0.15) is 0 Å². The zero-order chi connectivity index (χ0) is 12.5. The van der Waals surface area contributed by atoms with E-state index in [0.717, 1.165) is 44.7 Å². The molecular formula is C13H23N5. The van der Waals surface area contributed by atoms with Crippen LogP contribution in [0.3, 0.4) is 0 Å². The van der Waals surface area contributed by atoms with Gasteiger partial charge in [-0.05, 0) is 32.6 Å². The largest absolute Gasteiger partial charge is 0.328 e. The number of aromatic nitrogens is 3. The molecule has 2 aliphatic rings. The van der Waals surface area contributed by atoms with E-state index in [1.807, 2.05) is 0 Å². The van der Waals surface area contributed by atoms with Crippen molar-refractivity contribution in [2.45, 2.75) is 64.2 Å². The van der Waals surface area contributed by atoms with Crippen LogP contribution in [0.25, 0.3) is 0 Å². The average Bonchev–Trinajstić information content (AvgIpc) is 2.76. The second kappa shape index (κ2) is 4.97. The summed E-state index contributed by atoms with van der Waals surface area (Å²) in [5.41, 5.74) is 6.01. The summed E-state index contributed by atoms with van der Waals surface area (Å²) < 4.78 is 2.32. The molecule has 2 aliphatic heterocycles. The van der Waals surface area contributed by atoms with Crippen molar-refractivity contribution in [3.05, 3.63) is 11.6 Å². The number of rotatable bonds is 2. The molecule has 0 amide bonds. The topological polar surface area (TPSA) is 60.0 Å². The standard InChI is InChI=1S/C13H23N5/c1-10-8-11(14)5-7-17(10)9-13-16-15-12-4-2-3-6-18(12)13/h10-11H,2-9,14H2,1H3. The third-order valence-corrected chi connectivity index (χ3v) is 4.33. The van der Waals surface area contributed by atoms with E-state index in [4.69, 9.17) is 5.73 Å². The van der Waals surface area contributed by atoms with Gasteiger partial charge in [0.15, 0.2) is 0 Å². The van der Waals surface area contributed by atoms with Crippen LogP contribution in [-0.4, -0.2) is 38.3 Å². The van der Waals surface area contributed by atoms with Crippen LogP contribution in [-0.2, 0) is 19.5 Å². The fourth-order valence-corrected chi connectivity index (χ4v) is 3.16. The van der Waals surface area contributed by atoms with Crippen molar-refractivity contribution in [3.63, 3.8) is 0 Å². The Balaban J connectivity index is 1.71. The van der Waals surface area contributed by atoms with Gasteiger partial charge in [-0.15, -0.1) is 10.2 Å². The number of nitrogens with two attached hydrogens (primary N) is 1. The molecule has 2 unspecified atom stereocenters. The summed E-state index contributed by atoms with van der Waals surface area (Å²) in [6.07, 6.45) is 5.81. The van der Waals surface area contributed by atoms with E-state index >= 15 is 0 Å². The van der Waals surface area contributed by atoms with Crippen LogP contribution in [0, 0.1) is 0 Å². The van der Waals surface area contributed by atoms with Gasteiger partial charge in [0.2, 0.25) is 0 Å². The van der Waals surface area contributed by atoms with Gasteiger partial charge in [-0.3, -0.25) is 4.90 Å². The molecule has 0 aromatic carbocycles. The van der Waals surface area contributed by atoms with Crippen molar-refractivity contribution in [3.8, 4) is 0 Å². The molecule has 0 spiro atoms. The maximum atomic E-state index is 6.01. The maximum absolute atomic E-state index is 6.01. The Morgan fingerprint density at radius 2 is 2.17 bits per heavy atom. The summed E-state index contributed by atoms with van der Waals surface area (Å²) in [7, 11) is 0. The number of fused-ring (bicyclic) bond motifs is 1. The average molecular weight is 249 g/mol. The Kier molecular flexibility index (Phi) is 3.35. The molecule has 100 valence electrons. The minimum atomic E-state index is 0.378. The summed E-state index contributed by atoms with van der Waals surface area (Å²) in [6, 6.07) is 0.939. The molecule has 18 heavy (non-hydrogen) atoms. The minimum absolute atomic E-state index is 0.378. The molecule has 2 atom stereocenters. The quantitative estimate of drug-likeness (QED) is 0.847. The van der Waals surface area contributed by atoms with Crippen LogP contribution in [0.4, 0.5) is 0 Å². The molecule has 3 rings (SSSR count). The molecule has 5 heteroatoms. The molecule has 2 N–H and O–H groups in total. The lowest BCUT2D eigenvalue weighted by molar-refractivity contribution is 0.134. The van der Waals surface area contributed by atoms with E-state index in [2.05, 4.69) is 26.6 Å². The van der Waals surface area contributed by atoms with E-state index in [1.165, 1.54) is 18.7 Å². The molecule has 3 heterocycles. The van der Waals surface area contributed by atoms with E-state index < -0.39 is 0 Å². The fraction of sp³-hybridized carbons (Fsp3) is 0.846. The molecule has 1 saturated heterocycles. The first-order valence-electron chi connectivity index (χ1n) is 7.14. The monoisotopic (exact) mass is 249 g/mol. The molecule has 1 fully saturated rings. The third kappa shape index (κ3) is 2.29. The van der Waals surface area contributed by atoms with Crippen LogP contribution in [0.1, 0.15) is 44.3 Å². The predicted molar refractivity (Wildman–Crippen MR) is 70.0 cm³/mol. The second-order valence-corrected chi connectivity index (χ2v) is 5.75. The van der Waals surface area contributed by atoms with Crippen molar-refractivity contribution in [2.24, 2.45) is 5.73 Å². The molecular weight excluding hydrogens is 226 g/mol. The van der Waals surface area contributed by atoms with Crippen LogP contribution in [0.15, 0.2) is 0 Å². The van der Waals surface area contributed by atoms with E-state index in [9.17, 15) is 0 Å². The number of aryl methyl sites for hydroxylation is 1. The van der Waals surface area contributed by atoms with Crippen LogP contribution in [0.5, 0.6) is 0 Å². The maximum Gasteiger partial charge on any atom is 0.147 e. The summed E-state index contributed by atoms with van der Waals surface area (Å²) >= 11 is 0. The van der Waals surface area contributed by atoms with Crippen molar-refractivity contribution in [1.82, 2.24) is 19.7 Å². The zero-order valence-corrected chi connectivity index (χ0v) is 11.2. The second-order valence-electron chi connectivity index (χ2n) is 5.75. The van der Waals surface area contributed by atoms with E-state index in [-0.39, 0.29) is 0 Å². The van der Waals surface area contributed by atoms with Crippen LogP contribution in [0.2, 0.25) is 0 Å². The van der Waals surface area contributed by atoms with Crippen molar-refractivity contribution >= 4 is 0 Å². The SMILES string of the molecule is CC1CC(N)CCN1Cc1nnc2n1CCCC2. The molecule has 5 nitrogen and oxygen atoms in total. The van der Waals surface area contributed by atoms with Gasteiger partial charge in [0.1, 0.15) is 11.6 Å². The van der Waals surface area contributed by atoms with Crippen LogP contribution >= 0.6 is 0 Å². The number of likely N-dealkylation sites (tertiary alicyclic amines) is 1. The normalized spacial score (nSPS) is 29.2. The van der Waals surface area contributed by atoms with Gasteiger partial charge in [-0.25, -0.2) is 0 Å². The highest BCUT2D eigenvalue weighted by Gasteiger charge is 2.25. The highest BCUT2D eigenvalue weighted by molar-refractivity contribution is 4.99. The lowest BCUT2D eigenvalue weighted by Crippen LogP contribution is -2.45. The van der Waals surface area contributed by atoms with Gasteiger partial charge < -0.3 is 10.3 Å². The Labute approximate surface area is 108 Å². The minimum Gasteiger partial charge on any atom is -0.328 e. The van der Waals surface area contributed by atoms with E-state index in [1.54, 1.807) is 0 Å². The first kappa shape index (κ1) is 12.1. The molecule has 0 bridgehead atoms. The lowest BCUT2D eigenvalue weighted by Gasteiger charge is -2.36. The number of hydrogen-bond donors (Lipinski definition) is 1. The first-order chi connectivity index (χ1) is 8.74. The number of nitrogens with zero attached hydrogens (tertiary/aromatic N) is 4. The number of piperidine rings is 1. The van der Waals surface area contributed by atoms with Crippen molar-refractivity contribution < 1.29 is 0 Å². The zero-order valence-electron chi connectivity index (χ0n) is 11.2. The van der Waals surface area contributed by atoms with Crippen molar-refractivity contribution in [2.75, 3.05) is 6.54 Å². The Hall–Kier alpha value is -0.940. The highest BCUT2D eigenvalue weighted by atomic mass is 15.3. The molecule has 1 aromatic heterocycles. The summed E-state index contributed by atoms with van der Waals surface area (Å²) in [6.45, 7) is 5.39. The lowest BCUT2D eigenvalue weighted by atomic mass is 9.99. The predicted octanol–water partition coefficient (Wildman–Crippen LogP) is 0.926. The van der Waals surface area contributed by atoms with Gasteiger partial charge in [-0.1, -0.05) is 0 Å². The van der Waals surface area contributed by atoms with Crippen molar-refractivity contribution in [1.29, 1.82) is 0 Å². The van der Waals surface area contributed by atoms with Gasteiger partial charge in [0.05, 0.1) is 6.54 Å². The van der Waals surface area contributed by atoms with Crippen LogP contribution < -0.4 is 5.73 Å². The third-order valence-electron chi connectivity index (χ3n) is 4.33. The first-order valence-corrected chi connectivity index (χ1v) is 7.14. The smallest absolute Gasteiger partial charge is 0.147 e. The Morgan fingerprint density at radius 1 is 1.28 bits per heavy atom. The Bertz CT molecular complexity index is 414. The summed E-state index contributed by atoms with van der Waals surface area (Å²) in [5.74, 6) is 2.32. The highest BCUT2D eigenvalue weighted by Crippen LogP contribution is 2.20. The summed E-state index contributed by atoms with van der Waals surface area (Å²) in [5, 5.41) is 8.71. The van der Waals surface area contributed by atoms with Gasteiger partial charge in [0.25, 0.3) is 0 Å². The van der Waals surface area contributed by atoms with E-state index in [0.29, 0.717) is 12.1 Å². The number of hydrogen-bond acceptors (Lipinski definition) is 4. The van der Waals surface area contributed by atoms with Gasteiger partial charge in [0, 0.05) is 31.6 Å². The molecule has 0 radical (unpaired) electrons. The Morgan fingerprint density at radius 3 is 3.00 bits per heavy atom. The summed E-state index contributed by atoms with van der Waals surface area (Å²) in [4.78, 5) is 2.50. The molecule has 0 saturated carbocycles. The fourth-order valence-electron chi connectivity index (χ4n) is 3.16.